The lowest BCUT2D eigenvalue weighted by atomic mass is 9.99. The third-order valence-corrected chi connectivity index (χ3v) is 5.80. The third-order valence-electron chi connectivity index (χ3n) is 4.92. The van der Waals surface area contributed by atoms with Gasteiger partial charge in [0.2, 0.25) is 5.91 Å². The number of thiazole rings is 1. The van der Waals surface area contributed by atoms with E-state index < -0.39 is 0 Å². The summed E-state index contributed by atoms with van der Waals surface area (Å²) >= 11 is 1.18. The van der Waals surface area contributed by atoms with Crippen molar-refractivity contribution in [3.63, 3.8) is 0 Å². The zero-order valence-electron chi connectivity index (χ0n) is 14.8. The molecule has 134 valence electrons. The summed E-state index contributed by atoms with van der Waals surface area (Å²) in [6.45, 7) is 7.10. The highest BCUT2D eigenvalue weighted by Gasteiger charge is 2.20. The molecule has 0 saturated heterocycles. The number of nitrogens with zero attached hydrogens (tertiary/aromatic N) is 2. The summed E-state index contributed by atoms with van der Waals surface area (Å²) in [6.07, 6.45) is 1.40. The third kappa shape index (κ3) is 4.38. The van der Waals surface area contributed by atoms with E-state index in [1.807, 2.05) is 12.3 Å². The van der Waals surface area contributed by atoms with E-state index in [2.05, 4.69) is 41.4 Å². The Morgan fingerprint density at radius 1 is 1.32 bits per heavy atom. The summed E-state index contributed by atoms with van der Waals surface area (Å²) in [7, 11) is 0. The molecule has 0 spiro atoms. The van der Waals surface area contributed by atoms with Gasteiger partial charge >= 0.3 is 4.87 Å². The minimum absolute atomic E-state index is 0.00163. The van der Waals surface area contributed by atoms with E-state index in [0.717, 1.165) is 25.2 Å². The lowest BCUT2D eigenvalue weighted by Crippen LogP contribution is -2.44. The van der Waals surface area contributed by atoms with Crippen LogP contribution >= 0.6 is 11.3 Å². The predicted octanol–water partition coefficient (Wildman–Crippen LogP) is 2.17. The Hall–Kier alpha value is -1.92. The van der Waals surface area contributed by atoms with Crippen LogP contribution in [0.4, 0.5) is 0 Å². The van der Waals surface area contributed by atoms with Crippen molar-refractivity contribution in [1.29, 1.82) is 0 Å². The molecule has 3 rings (SSSR count). The molecule has 1 amide bonds. The summed E-state index contributed by atoms with van der Waals surface area (Å²) in [5, 5.41) is 4.84. The number of amides is 1. The first-order chi connectivity index (χ1) is 12.0. The zero-order chi connectivity index (χ0) is 17.8. The van der Waals surface area contributed by atoms with Crippen LogP contribution in [0.1, 0.15) is 30.2 Å². The van der Waals surface area contributed by atoms with Gasteiger partial charge in [-0.3, -0.25) is 14.5 Å². The average Bonchev–Trinajstić information content (AvgIpc) is 2.95. The van der Waals surface area contributed by atoms with E-state index in [0.29, 0.717) is 25.6 Å². The molecule has 0 aliphatic carbocycles. The number of aryl methyl sites for hydroxylation is 1. The summed E-state index contributed by atoms with van der Waals surface area (Å²) in [5.74, 6) is 0.00163. The summed E-state index contributed by atoms with van der Waals surface area (Å²) < 4.78 is 1.66. The topological polar surface area (TPSA) is 54.3 Å². The number of rotatable bonds is 6. The Bertz CT molecular complexity index is 796. The summed E-state index contributed by atoms with van der Waals surface area (Å²) in [4.78, 5) is 26.2. The van der Waals surface area contributed by atoms with Crippen LogP contribution in [0.2, 0.25) is 0 Å². The Labute approximate surface area is 152 Å². The quantitative estimate of drug-likeness (QED) is 0.860. The first-order valence-electron chi connectivity index (χ1n) is 8.77. The largest absolute Gasteiger partial charge is 0.354 e. The van der Waals surface area contributed by atoms with E-state index in [4.69, 9.17) is 0 Å². The second kappa shape index (κ2) is 7.97. The molecule has 0 bridgehead atoms. The molecule has 0 saturated carbocycles. The second-order valence-corrected chi connectivity index (χ2v) is 7.51. The Morgan fingerprint density at radius 3 is 2.80 bits per heavy atom. The lowest BCUT2D eigenvalue weighted by molar-refractivity contribution is -0.121. The maximum Gasteiger partial charge on any atom is 0.307 e. The molecule has 2 heterocycles. The number of carbonyl (C=O) groups excluding carboxylic acids is 1. The molecular formula is C19H25N3O2S. The number of hydrogen-bond acceptors (Lipinski definition) is 4. The first-order valence-corrected chi connectivity index (χ1v) is 9.65. The maximum absolute atomic E-state index is 12.1. The standard InChI is InChI=1S/C19H25N3O2S/c1-14(21-9-7-16-5-3-4-6-17(16)12-21)11-20-18(23)8-10-22-15(2)13-25-19(22)24/h3-6,13-14H,7-12H2,1-2H3,(H,20,23). The number of carbonyl (C=O) groups is 1. The minimum atomic E-state index is 0.00163. The maximum atomic E-state index is 12.1. The van der Waals surface area contributed by atoms with Gasteiger partial charge in [-0.25, -0.2) is 0 Å². The summed E-state index contributed by atoms with van der Waals surface area (Å²) in [6, 6.07) is 8.87. The van der Waals surface area contributed by atoms with E-state index in [-0.39, 0.29) is 10.8 Å². The Balaban J connectivity index is 1.45. The monoisotopic (exact) mass is 359 g/mol. The van der Waals surface area contributed by atoms with Gasteiger partial charge in [-0.15, -0.1) is 0 Å². The SMILES string of the molecule is Cc1csc(=O)n1CCC(=O)NCC(C)N1CCc2ccccc2C1. The van der Waals surface area contributed by atoms with Gasteiger partial charge in [-0.1, -0.05) is 35.6 Å². The first kappa shape index (κ1) is 17.9. The molecular weight excluding hydrogens is 334 g/mol. The number of hydrogen-bond donors (Lipinski definition) is 1. The van der Waals surface area contributed by atoms with E-state index >= 15 is 0 Å². The van der Waals surface area contributed by atoms with Gasteiger partial charge in [0.05, 0.1) is 0 Å². The van der Waals surface area contributed by atoms with Crippen LogP contribution in [0.3, 0.4) is 0 Å². The van der Waals surface area contributed by atoms with Crippen molar-refractivity contribution >= 4 is 17.2 Å². The minimum Gasteiger partial charge on any atom is -0.354 e. The van der Waals surface area contributed by atoms with Gasteiger partial charge in [0.15, 0.2) is 0 Å². The molecule has 1 aliphatic heterocycles. The van der Waals surface area contributed by atoms with Gasteiger partial charge in [0, 0.05) is 49.7 Å². The predicted molar refractivity (Wildman–Crippen MR) is 101 cm³/mol. The van der Waals surface area contributed by atoms with Crippen LogP contribution in [0, 0.1) is 6.92 Å². The molecule has 2 aromatic rings. The van der Waals surface area contributed by atoms with Crippen molar-refractivity contribution in [1.82, 2.24) is 14.8 Å². The molecule has 0 fully saturated rings. The molecule has 1 N–H and O–H groups in total. The van der Waals surface area contributed by atoms with Crippen LogP contribution in [0.15, 0.2) is 34.4 Å². The number of fused-ring (bicyclic) bond motifs is 1. The molecule has 6 heteroatoms. The second-order valence-electron chi connectivity index (χ2n) is 6.69. The number of aromatic nitrogens is 1. The van der Waals surface area contributed by atoms with Gasteiger partial charge in [0.25, 0.3) is 0 Å². The van der Waals surface area contributed by atoms with E-state index in [9.17, 15) is 9.59 Å². The highest BCUT2D eigenvalue weighted by molar-refractivity contribution is 7.07. The van der Waals surface area contributed by atoms with Crippen molar-refractivity contribution < 1.29 is 4.79 Å². The molecule has 1 atom stereocenters. The molecule has 25 heavy (non-hydrogen) atoms. The normalized spacial score (nSPS) is 15.6. The molecule has 5 nitrogen and oxygen atoms in total. The Kier molecular flexibility index (Phi) is 5.71. The zero-order valence-corrected chi connectivity index (χ0v) is 15.6. The molecule has 1 unspecified atom stereocenters. The van der Waals surface area contributed by atoms with Crippen LogP contribution in [0.25, 0.3) is 0 Å². The van der Waals surface area contributed by atoms with Gasteiger partial charge in [0.1, 0.15) is 0 Å². The number of benzene rings is 1. The van der Waals surface area contributed by atoms with Crippen molar-refractivity contribution in [3.05, 3.63) is 56.1 Å². The van der Waals surface area contributed by atoms with Crippen molar-refractivity contribution in [2.24, 2.45) is 0 Å². The van der Waals surface area contributed by atoms with E-state index in [1.165, 1.54) is 22.5 Å². The fourth-order valence-electron chi connectivity index (χ4n) is 3.26. The van der Waals surface area contributed by atoms with Crippen LogP contribution in [0.5, 0.6) is 0 Å². The molecule has 1 aromatic carbocycles. The van der Waals surface area contributed by atoms with Gasteiger partial charge in [-0.2, -0.15) is 0 Å². The van der Waals surface area contributed by atoms with Crippen LogP contribution in [-0.4, -0.2) is 34.5 Å². The summed E-state index contributed by atoms with van der Waals surface area (Å²) in [5.41, 5.74) is 3.74. The van der Waals surface area contributed by atoms with Gasteiger partial charge < -0.3 is 9.88 Å². The van der Waals surface area contributed by atoms with Crippen molar-refractivity contribution in [2.45, 2.75) is 45.8 Å². The van der Waals surface area contributed by atoms with Crippen molar-refractivity contribution in [3.8, 4) is 0 Å². The fourth-order valence-corrected chi connectivity index (χ4v) is 4.02. The van der Waals surface area contributed by atoms with E-state index in [1.54, 1.807) is 4.57 Å². The van der Waals surface area contributed by atoms with Gasteiger partial charge in [-0.05, 0) is 31.4 Å². The highest BCUT2D eigenvalue weighted by Crippen LogP contribution is 2.19. The van der Waals surface area contributed by atoms with Crippen molar-refractivity contribution in [2.75, 3.05) is 13.1 Å². The van der Waals surface area contributed by atoms with Crippen LogP contribution < -0.4 is 10.2 Å². The van der Waals surface area contributed by atoms with Crippen LogP contribution in [-0.2, 0) is 24.3 Å². The lowest BCUT2D eigenvalue weighted by Gasteiger charge is -2.33. The molecule has 1 aromatic heterocycles. The molecule has 0 radical (unpaired) electrons. The smallest absolute Gasteiger partial charge is 0.307 e. The Morgan fingerprint density at radius 2 is 2.08 bits per heavy atom. The number of nitrogens with one attached hydrogen (secondary N) is 1. The molecule has 1 aliphatic rings. The average molecular weight is 359 g/mol. The highest BCUT2D eigenvalue weighted by atomic mass is 32.1. The fraction of sp³-hybridized carbons (Fsp3) is 0.474.